The van der Waals surface area contributed by atoms with Crippen LogP contribution in [0.4, 0.5) is 5.69 Å². The standard InChI is InChI=1S/C17H17ClN2O6S/c1-11-7-12(18)5-6-15(11)25-10-17(22)26-9-16(21)20-13-3-2-4-14(8-13)27(19,23)24/h2-8H,9-10H2,1H3,(H,20,21)(H2,19,23,24). The topological polar surface area (TPSA) is 125 Å². The second-order valence-electron chi connectivity index (χ2n) is 5.48. The van der Waals surface area contributed by atoms with Crippen molar-refractivity contribution >= 4 is 39.2 Å². The van der Waals surface area contributed by atoms with E-state index in [-0.39, 0.29) is 17.2 Å². The molecule has 0 spiro atoms. The van der Waals surface area contributed by atoms with Crippen LogP contribution in [0.5, 0.6) is 5.75 Å². The molecule has 0 saturated heterocycles. The van der Waals surface area contributed by atoms with Crippen LogP contribution in [0.2, 0.25) is 5.02 Å². The molecule has 0 atom stereocenters. The number of nitrogens with two attached hydrogens (primary N) is 1. The number of benzene rings is 2. The molecule has 0 aromatic heterocycles. The number of hydrogen-bond acceptors (Lipinski definition) is 6. The largest absolute Gasteiger partial charge is 0.482 e. The fourth-order valence-corrected chi connectivity index (χ4v) is 2.83. The molecule has 144 valence electrons. The molecule has 2 aromatic carbocycles. The Morgan fingerprint density at radius 3 is 2.56 bits per heavy atom. The molecule has 1 amide bonds. The molecule has 0 aliphatic heterocycles. The third-order valence-corrected chi connectivity index (χ3v) is 4.44. The molecule has 0 heterocycles. The summed E-state index contributed by atoms with van der Waals surface area (Å²) in [6.07, 6.45) is 0. The number of aryl methyl sites for hydroxylation is 1. The lowest BCUT2D eigenvalue weighted by Crippen LogP contribution is -2.24. The van der Waals surface area contributed by atoms with Crippen LogP contribution in [0.15, 0.2) is 47.4 Å². The van der Waals surface area contributed by atoms with Crippen LogP contribution >= 0.6 is 11.6 Å². The van der Waals surface area contributed by atoms with E-state index in [0.717, 1.165) is 5.56 Å². The molecular weight excluding hydrogens is 396 g/mol. The number of ether oxygens (including phenoxy) is 2. The highest BCUT2D eigenvalue weighted by Crippen LogP contribution is 2.21. The number of primary sulfonamides is 1. The van der Waals surface area contributed by atoms with Gasteiger partial charge in [-0.05, 0) is 48.9 Å². The summed E-state index contributed by atoms with van der Waals surface area (Å²) < 4.78 is 32.7. The average molecular weight is 413 g/mol. The number of carbonyl (C=O) groups excluding carboxylic acids is 2. The Morgan fingerprint density at radius 1 is 1.15 bits per heavy atom. The lowest BCUT2D eigenvalue weighted by atomic mass is 10.2. The molecule has 0 unspecified atom stereocenters. The van der Waals surface area contributed by atoms with Crippen molar-refractivity contribution in [1.82, 2.24) is 0 Å². The summed E-state index contributed by atoms with van der Waals surface area (Å²) in [5, 5.41) is 7.98. The van der Waals surface area contributed by atoms with Crippen molar-refractivity contribution in [3.63, 3.8) is 0 Å². The fraction of sp³-hybridized carbons (Fsp3) is 0.176. The summed E-state index contributed by atoms with van der Waals surface area (Å²) in [5.41, 5.74) is 0.957. The van der Waals surface area contributed by atoms with Crippen LogP contribution in [0.1, 0.15) is 5.56 Å². The Bertz CT molecular complexity index is 962. The smallest absolute Gasteiger partial charge is 0.344 e. The quantitative estimate of drug-likeness (QED) is 0.668. The summed E-state index contributed by atoms with van der Waals surface area (Å²) in [5.74, 6) is -0.906. The van der Waals surface area contributed by atoms with Crippen LogP contribution in [-0.4, -0.2) is 33.5 Å². The van der Waals surface area contributed by atoms with Crippen molar-refractivity contribution < 1.29 is 27.5 Å². The van der Waals surface area contributed by atoms with Gasteiger partial charge in [0.05, 0.1) is 4.90 Å². The summed E-state index contributed by atoms with van der Waals surface area (Å²) in [6.45, 7) is 0.841. The van der Waals surface area contributed by atoms with Gasteiger partial charge < -0.3 is 14.8 Å². The number of nitrogens with one attached hydrogen (secondary N) is 1. The minimum absolute atomic E-state index is 0.149. The lowest BCUT2D eigenvalue weighted by Gasteiger charge is -2.10. The predicted octanol–water partition coefficient (Wildman–Crippen LogP) is 1.86. The molecular formula is C17H17ClN2O6S. The highest BCUT2D eigenvalue weighted by Gasteiger charge is 2.12. The summed E-state index contributed by atoms with van der Waals surface area (Å²) in [6, 6.07) is 10.3. The summed E-state index contributed by atoms with van der Waals surface area (Å²) in [4.78, 5) is 23.4. The van der Waals surface area contributed by atoms with Gasteiger partial charge in [-0.25, -0.2) is 18.4 Å². The minimum Gasteiger partial charge on any atom is -0.482 e. The number of anilines is 1. The lowest BCUT2D eigenvalue weighted by molar-refractivity contribution is -0.149. The van der Waals surface area contributed by atoms with Gasteiger partial charge in [0, 0.05) is 10.7 Å². The molecule has 2 rings (SSSR count). The van der Waals surface area contributed by atoms with Crippen molar-refractivity contribution in [3.8, 4) is 5.75 Å². The minimum atomic E-state index is -3.89. The Morgan fingerprint density at radius 2 is 1.89 bits per heavy atom. The highest BCUT2D eigenvalue weighted by atomic mass is 35.5. The molecule has 3 N–H and O–H groups in total. The second-order valence-corrected chi connectivity index (χ2v) is 7.48. The van der Waals surface area contributed by atoms with E-state index in [0.29, 0.717) is 10.8 Å². The van der Waals surface area contributed by atoms with E-state index >= 15 is 0 Å². The molecule has 0 fully saturated rings. The van der Waals surface area contributed by atoms with Crippen LogP contribution in [0, 0.1) is 6.92 Å². The van der Waals surface area contributed by atoms with Gasteiger partial charge in [-0.2, -0.15) is 0 Å². The zero-order valence-electron chi connectivity index (χ0n) is 14.3. The number of rotatable bonds is 7. The Balaban J connectivity index is 1.82. The van der Waals surface area contributed by atoms with Gasteiger partial charge >= 0.3 is 5.97 Å². The first-order valence-corrected chi connectivity index (χ1v) is 9.55. The van der Waals surface area contributed by atoms with E-state index in [2.05, 4.69) is 5.32 Å². The molecule has 0 aliphatic carbocycles. The first-order valence-electron chi connectivity index (χ1n) is 7.62. The van der Waals surface area contributed by atoms with Gasteiger partial charge in [0.15, 0.2) is 13.2 Å². The number of hydrogen-bond donors (Lipinski definition) is 2. The van der Waals surface area contributed by atoms with Crippen molar-refractivity contribution in [2.45, 2.75) is 11.8 Å². The number of esters is 1. The van der Waals surface area contributed by atoms with E-state index in [4.69, 9.17) is 26.2 Å². The third-order valence-electron chi connectivity index (χ3n) is 3.29. The van der Waals surface area contributed by atoms with Gasteiger partial charge in [0.1, 0.15) is 5.75 Å². The predicted molar refractivity (Wildman–Crippen MR) is 99.1 cm³/mol. The maximum Gasteiger partial charge on any atom is 0.344 e. The van der Waals surface area contributed by atoms with Crippen molar-refractivity contribution in [2.75, 3.05) is 18.5 Å². The summed E-state index contributed by atoms with van der Waals surface area (Å²) >= 11 is 5.83. The van der Waals surface area contributed by atoms with E-state index in [1.165, 1.54) is 24.3 Å². The van der Waals surface area contributed by atoms with Crippen LogP contribution in [0.3, 0.4) is 0 Å². The normalized spacial score (nSPS) is 10.9. The van der Waals surface area contributed by atoms with Crippen LogP contribution in [-0.2, 0) is 24.3 Å². The maximum atomic E-state index is 11.8. The van der Waals surface area contributed by atoms with Gasteiger partial charge in [-0.1, -0.05) is 17.7 Å². The SMILES string of the molecule is Cc1cc(Cl)ccc1OCC(=O)OCC(=O)Nc1cccc(S(N)(=O)=O)c1. The van der Waals surface area contributed by atoms with E-state index in [1.807, 2.05) is 0 Å². The number of halogens is 1. The highest BCUT2D eigenvalue weighted by molar-refractivity contribution is 7.89. The van der Waals surface area contributed by atoms with E-state index in [1.54, 1.807) is 25.1 Å². The Hall–Kier alpha value is -2.62. The first-order chi connectivity index (χ1) is 12.6. The second kappa shape index (κ2) is 8.85. The van der Waals surface area contributed by atoms with Crippen molar-refractivity contribution in [1.29, 1.82) is 0 Å². The zero-order valence-corrected chi connectivity index (χ0v) is 15.8. The van der Waals surface area contributed by atoms with Gasteiger partial charge in [0.25, 0.3) is 5.91 Å². The fourth-order valence-electron chi connectivity index (χ4n) is 2.05. The first kappa shape index (κ1) is 20.7. The third kappa shape index (κ3) is 6.55. The molecule has 27 heavy (non-hydrogen) atoms. The van der Waals surface area contributed by atoms with E-state index < -0.39 is 28.5 Å². The van der Waals surface area contributed by atoms with Crippen LogP contribution < -0.4 is 15.2 Å². The number of amides is 1. The number of sulfonamides is 1. The molecule has 2 aromatic rings. The van der Waals surface area contributed by atoms with Crippen molar-refractivity contribution in [2.24, 2.45) is 5.14 Å². The molecule has 8 nitrogen and oxygen atoms in total. The molecule has 10 heteroatoms. The molecule has 0 saturated carbocycles. The van der Waals surface area contributed by atoms with Crippen molar-refractivity contribution in [3.05, 3.63) is 53.1 Å². The van der Waals surface area contributed by atoms with Gasteiger partial charge in [0.2, 0.25) is 10.0 Å². The maximum absolute atomic E-state index is 11.8. The zero-order chi connectivity index (χ0) is 20.0. The molecule has 0 radical (unpaired) electrons. The Labute approximate surface area is 161 Å². The van der Waals surface area contributed by atoms with Gasteiger partial charge in [-0.3, -0.25) is 4.79 Å². The molecule has 0 bridgehead atoms. The van der Waals surface area contributed by atoms with E-state index in [9.17, 15) is 18.0 Å². The average Bonchev–Trinajstić information content (AvgIpc) is 2.58. The number of carbonyl (C=O) groups is 2. The monoisotopic (exact) mass is 412 g/mol. The molecule has 0 aliphatic rings. The Kier molecular flexibility index (Phi) is 6.78. The summed E-state index contributed by atoms with van der Waals surface area (Å²) in [7, 11) is -3.89. The van der Waals surface area contributed by atoms with Crippen LogP contribution in [0.25, 0.3) is 0 Å². The van der Waals surface area contributed by atoms with Gasteiger partial charge in [-0.15, -0.1) is 0 Å².